The first-order chi connectivity index (χ1) is 7.76. The van der Waals surface area contributed by atoms with Crippen molar-refractivity contribution in [1.82, 2.24) is 5.32 Å². The molecule has 1 aliphatic rings. The van der Waals surface area contributed by atoms with Gasteiger partial charge >= 0.3 is 18.3 Å². The summed E-state index contributed by atoms with van der Waals surface area (Å²) >= 11 is 0. The van der Waals surface area contributed by atoms with Gasteiger partial charge in [0, 0.05) is 6.04 Å². The van der Waals surface area contributed by atoms with Gasteiger partial charge in [0.2, 0.25) is 0 Å². The van der Waals surface area contributed by atoms with Gasteiger partial charge in [0.05, 0.1) is 5.92 Å². The third-order valence-corrected chi connectivity index (χ3v) is 2.73. The van der Waals surface area contributed by atoms with E-state index in [0.29, 0.717) is 6.42 Å². The first kappa shape index (κ1) is 13.7. The summed E-state index contributed by atoms with van der Waals surface area (Å²) in [5.41, 5.74) is 0. The number of carboxylic acid groups (broad SMARTS) is 1. The van der Waals surface area contributed by atoms with E-state index in [-0.39, 0.29) is 12.8 Å². The molecule has 1 rings (SSSR count). The van der Waals surface area contributed by atoms with Crippen LogP contribution in [0, 0.1) is 5.92 Å². The number of carboxylic acids is 1. The fourth-order valence-corrected chi connectivity index (χ4v) is 1.79. The predicted molar refractivity (Wildman–Crippen MR) is 47.9 cm³/mol. The maximum atomic E-state index is 12.6. The van der Waals surface area contributed by atoms with Crippen LogP contribution in [0.5, 0.6) is 0 Å². The zero-order chi connectivity index (χ0) is 13.2. The van der Waals surface area contributed by atoms with Crippen LogP contribution in [0.25, 0.3) is 0 Å². The van der Waals surface area contributed by atoms with E-state index in [1.165, 1.54) is 0 Å². The van der Waals surface area contributed by atoms with Crippen molar-refractivity contribution in [2.45, 2.75) is 37.7 Å². The number of hydrogen-bond acceptors (Lipinski definition) is 2. The number of amides is 1. The molecule has 1 saturated carbocycles. The minimum absolute atomic E-state index is 0.196. The first-order valence-corrected chi connectivity index (χ1v) is 4.96. The summed E-state index contributed by atoms with van der Waals surface area (Å²) in [6, 6.07) is -1.01. The molecule has 0 aromatic rings. The smallest absolute Gasteiger partial charge is 0.383 e. The molecule has 2 N–H and O–H groups in total. The third kappa shape index (κ3) is 2.86. The number of hydrogen-bond donors (Lipinski definition) is 2. The van der Waals surface area contributed by atoms with Crippen LogP contribution in [0.3, 0.4) is 0 Å². The quantitative estimate of drug-likeness (QED) is 0.745. The zero-order valence-electron chi connectivity index (χ0n) is 8.63. The molecule has 2 unspecified atom stereocenters. The van der Waals surface area contributed by atoms with Crippen LogP contribution in [0.1, 0.15) is 19.3 Å². The molecule has 0 spiro atoms. The molecule has 1 amide bonds. The van der Waals surface area contributed by atoms with Gasteiger partial charge in [-0.15, -0.1) is 0 Å². The highest BCUT2D eigenvalue weighted by Crippen LogP contribution is 2.28. The molecular weight excluding hydrogens is 246 g/mol. The van der Waals surface area contributed by atoms with Crippen LogP contribution in [-0.4, -0.2) is 35.4 Å². The second kappa shape index (κ2) is 4.89. The molecule has 1 aliphatic carbocycles. The van der Waals surface area contributed by atoms with Crippen molar-refractivity contribution >= 4 is 11.9 Å². The molecule has 0 aromatic heterocycles. The van der Waals surface area contributed by atoms with Crippen molar-refractivity contribution in [3.63, 3.8) is 0 Å². The van der Waals surface area contributed by atoms with Crippen molar-refractivity contribution in [2.75, 3.05) is 0 Å². The first-order valence-electron chi connectivity index (χ1n) is 4.96. The lowest BCUT2D eigenvalue weighted by atomic mass is 10.0. The van der Waals surface area contributed by atoms with Gasteiger partial charge < -0.3 is 10.4 Å². The monoisotopic (exact) mass is 257 g/mol. The van der Waals surface area contributed by atoms with Crippen molar-refractivity contribution < 1.29 is 32.3 Å². The van der Waals surface area contributed by atoms with Crippen LogP contribution in [0.2, 0.25) is 0 Å². The molecule has 17 heavy (non-hydrogen) atoms. The third-order valence-electron chi connectivity index (χ3n) is 2.73. The lowest BCUT2D eigenvalue weighted by Crippen LogP contribution is -2.50. The molecule has 0 aromatic carbocycles. The number of halogens is 4. The average molecular weight is 257 g/mol. The molecule has 2 atom stereocenters. The van der Waals surface area contributed by atoms with E-state index >= 15 is 0 Å². The van der Waals surface area contributed by atoms with E-state index in [2.05, 4.69) is 0 Å². The van der Waals surface area contributed by atoms with Gasteiger partial charge in [-0.2, -0.15) is 8.78 Å². The molecule has 0 aliphatic heterocycles. The van der Waals surface area contributed by atoms with E-state index in [0.717, 1.165) is 0 Å². The Kier molecular flexibility index (Phi) is 3.94. The summed E-state index contributed by atoms with van der Waals surface area (Å²) in [7, 11) is 0. The lowest BCUT2D eigenvalue weighted by molar-refractivity contribution is -0.170. The van der Waals surface area contributed by atoms with Crippen molar-refractivity contribution in [3.8, 4) is 0 Å². The zero-order valence-corrected chi connectivity index (χ0v) is 8.63. The highest BCUT2D eigenvalue weighted by molar-refractivity contribution is 5.85. The Labute approximate surface area is 94.0 Å². The Morgan fingerprint density at radius 2 is 1.88 bits per heavy atom. The fourth-order valence-electron chi connectivity index (χ4n) is 1.79. The van der Waals surface area contributed by atoms with Gasteiger partial charge in [0.1, 0.15) is 0 Å². The number of rotatable bonds is 4. The Bertz CT molecular complexity index is 321. The van der Waals surface area contributed by atoms with Gasteiger partial charge in [-0.25, -0.2) is 8.78 Å². The Morgan fingerprint density at radius 3 is 2.35 bits per heavy atom. The molecule has 98 valence electrons. The normalized spacial score (nSPS) is 25.0. The minimum Gasteiger partial charge on any atom is -0.481 e. The summed E-state index contributed by atoms with van der Waals surface area (Å²) in [4.78, 5) is 21.6. The summed E-state index contributed by atoms with van der Waals surface area (Å²) < 4.78 is 49.0. The summed E-state index contributed by atoms with van der Waals surface area (Å²) in [5.74, 6) is -9.13. The number of alkyl halides is 4. The van der Waals surface area contributed by atoms with Gasteiger partial charge in [-0.1, -0.05) is 6.42 Å². The van der Waals surface area contributed by atoms with E-state index in [1.807, 2.05) is 0 Å². The fraction of sp³-hybridized carbons (Fsp3) is 0.778. The van der Waals surface area contributed by atoms with Gasteiger partial charge in [-0.3, -0.25) is 9.59 Å². The Balaban J connectivity index is 2.66. The lowest BCUT2D eigenvalue weighted by Gasteiger charge is -2.21. The number of carbonyl (C=O) groups is 2. The highest BCUT2D eigenvalue weighted by atomic mass is 19.3. The van der Waals surface area contributed by atoms with Crippen LogP contribution in [0.15, 0.2) is 0 Å². The Hall–Kier alpha value is -1.34. The van der Waals surface area contributed by atoms with Gasteiger partial charge in [0.15, 0.2) is 0 Å². The van der Waals surface area contributed by atoms with Crippen molar-refractivity contribution in [3.05, 3.63) is 0 Å². The second-order valence-electron chi connectivity index (χ2n) is 3.88. The molecule has 0 saturated heterocycles. The van der Waals surface area contributed by atoms with Gasteiger partial charge in [-0.05, 0) is 12.8 Å². The van der Waals surface area contributed by atoms with Crippen LogP contribution >= 0.6 is 0 Å². The Morgan fingerprint density at radius 1 is 1.29 bits per heavy atom. The molecule has 0 bridgehead atoms. The molecule has 0 heterocycles. The van der Waals surface area contributed by atoms with Crippen molar-refractivity contribution in [1.29, 1.82) is 0 Å². The molecular formula is C9H11F4NO3. The summed E-state index contributed by atoms with van der Waals surface area (Å²) in [5, 5.41) is 10.4. The van der Waals surface area contributed by atoms with Crippen molar-refractivity contribution in [2.24, 2.45) is 5.92 Å². The molecule has 4 nitrogen and oxygen atoms in total. The maximum Gasteiger partial charge on any atom is 0.383 e. The SMILES string of the molecule is O=C(O)C1CCCC1NC(=O)C(F)(F)C(F)F. The van der Waals surface area contributed by atoms with Gasteiger partial charge in [0.25, 0.3) is 5.91 Å². The second-order valence-corrected chi connectivity index (χ2v) is 3.88. The van der Waals surface area contributed by atoms with E-state index in [4.69, 9.17) is 5.11 Å². The largest absolute Gasteiger partial charge is 0.481 e. The predicted octanol–water partition coefficient (Wildman–Crippen LogP) is 1.26. The molecule has 1 fully saturated rings. The molecule has 8 heteroatoms. The van der Waals surface area contributed by atoms with E-state index < -0.39 is 36.2 Å². The average Bonchev–Trinajstić information content (AvgIpc) is 2.65. The number of aliphatic carboxylic acids is 1. The highest BCUT2D eigenvalue weighted by Gasteiger charge is 2.50. The summed E-state index contributed by atoms with van der Waals surface area (Å²) in [6.07, 6.45) is -3.22. The standard InChI is InChI=1S/C9H11F4NO3/c10-7(11)9(12,13)8(17)14-5-3-1-2-4(5)6(15)16/h4-5,7H,1-3H2,(H,14,17)(H,15,16). The summed E-state index contributed by atoms with van der Waals surface area (Å²) in [6.45, 7) is 0. The minimum atomic E-state index is -4.79. The topological polar surface area (TPSA) is 66.4 Å². The maximum absolute atomic E-state index is 12.6. The van der Waals surface area contributed by atoms with Crippen LogP contribution in [0.4, 0.5) is 17.6 Å². The number of nitrogens with one attached hydrogen (secondary N) is 1. The van der Waals surface area contributed by atoms with E-state index in [1.54, 1.807) is 5.32 Å². The van der Waals surface area contributed by atoms with Crippen LogP contribution < -0.4 is 5.32 Å². The van der Waals surface area contributed by atoms with Crippen LogP contribution in [-0.2, 0) is 9.59 Å². The van der Waals surface area contributed by atoms with E-state index in [9.17, 15) is 27.2 Å². The molecule has 0 radical (unpaired) electrons. The number of carbonyl (C=O) groups excluding carboxylic acids is 1.